The predicted molar refractivity (Wildman–Crippen MR) is 119 cm³/mol. The Morgan fingerprint density at radius 2 is 1.68 bits per heavy atom. The number of hydrogen-bond donors (Lipinski definition) is 0. The maximum absolute atomic E-state index is 13.0. The van der Waals surface area contributed by atoms with Crippen LogP contribution < -0.4 is 0 Å². The van der Waals surface area contributed by atoms with Gasteiger partial charge in [0.25, 0.3) is 5.91 Å². The Kier molecular flexibility index (Phi) is 4.35. The Bertz CT molecular complexity index is 1330. The Balaban J connectivity index is 1.15. The lowest BCUT2D eigenvalue weighted by Gasteiger charge is -2.29. The van der Waals surface area contributed by atoms with Crippen molar-refractivity contribution < 1.29 is 13.6 Å². The molecule has 3 aromatic heterocycles. The van der Waals surface area contributed by atoms with Gasteiger partial charge in [-0.2, -0.15) is 0 Å². The maximum Gasteiger partial charge on any atom is 0.289 e. The van der Waals surface area contributed by atoms with Gasteiger partial charge in [0, 0.05) is 19.0 Å². The molecule has 7 heteroatoms. The zero-order chi connectivity index (χ0) is 20.8. The van der Waals surface area contributed by atoms with Crippen molar-refractivity contribution in [2.75, 3.05) is 13.1 Å². The van der Waals surface area contributed by atoms with E-state index in [-0.39, 0.29) is 11.8 Å². The molecule has 0 bridgehead atoms. The molecule has 0 saturated carbocycles. The summed E-state index contributed by atoms with van der Waals surface area (Å²) in [6.07, 6.45) is 1.65. The molecular formula is C24H19N3O3S. The van der Waals surface area contributed by atoms with Crippen LogP contribution in [0.25, 0.3) is 32.1 Å². The van der Waals surface area contributed by atoms with Crippen LogP contribution in [0.2, 0.25) is 0 Å². The summed E-state index contributed by atoms with van der Waals surface area (Å²) in [5.74, 6) is 1.90. The number of rotatable bonds is 3. The van der Waals surface area contributed by atoms with Crippen LogP contribution in [0, 0.1) is 0 Å². The van der Waals surface area contributed by atoms with E-state index in [1.54, 1.807) is 17.4 Å². The van der Waals surface area contributed by atoms with Gasteiger partial charge in [-0.3, -0.25) is 4.79 Å². The third-order valence-corrected chi connectivity index (χ3v) is 6.81. The average Bonchev–Trinajstić information content (AvgIpc) is 3.56. The lowest BCUT2D eigenvalue weighted by Crippen LogP contribution is -2.37. The molecule has 4 heterocycles. The van der Waals surface area contributed by atoms with E-state index in [9.17, 15) is 4.79 Å². The fraction of sp³-hybridized carbons (Fsp3) is 0.208. The van der Waals surface area contributed by atoms with E-state index >= 15 is 0 Å². The third kappa shape index (κ3) is 3.31. The van der Waals surface area contributed by atoms with Crippen LogP contribution in [0.15, 0.2) is 69.5 Å². The minimum Gasteiger partial charge on any atom is -0.448 e. The molecule has 0 radical (unpaired) electrons. The van der Waals surface area contributed by atoms with Gasteiger partial charge in [-0.25, -0.2) is 9.97 Å². The van der Waals surface area contributed by atoms with E-state index in [4.69, 9.17) is 8.83 Å². The first-order valence-corrected chi connectivity index (χ1v) is 11.2. The number of furan rings is 1. The topological polar surface area (TPSA) is 72.4 Å². The fourth-order valence-electron chi connectivity index (χ4n) is 4.10. The number of thiazole rings is 1. The second kappa shape index (κ2) is 7.35. The number of para-hydroxylation sites is 3. The highest BCUT2D eigenvalue weighted by Gasteiger charge is 2.29. The SMILES string of the molecule is O=C(c1ccc(-c2nc3ccccc3s2)o1)N1CCC(c2nc3ccccc3o2)CC1. The number of piperidine rings is 1. The average molecular weight is 430 g/mol. The Morgan fingerprint density at radius 1 is 0.903 bits per heavy atom. The number of oxazole rings is 1. The number of amides is 1. The molecule has 0 atom stereocenters. The summed E-state index contributed by atoms with van der Waals surface area (Å²) in [5, 5.41) is 0.787. The molecule has 1 aliphatic heterocycles. The Labute approximate surface area is 182 Å². The zero-order valence-electron chi connectivity index (χ0n) is 16.7. The highest BCUT2D eigenvalue weighted by molar-refractivity contribution is 7.21. The zero-order valence-corrected chi connectivity index (χ0v) is 17.5. The number of aromatic nitrogens is 2. The van der Waals surface area contributed by atoms with Crippen molar-refractivity contribution in [3.8, 4) is 10.8 Å². The monoisotopic (exact) mass is 429 g/mol. The maximum atomic E-state index is 13.0. The van der Waals surface area contributed by atoms with E-state index in [1.807, 2.05) is 59.5 Å². The van der Waals surface area contributed by atoms with E-state index in [0.717, 1.165) is 45.1 Å². The van der Waals surface area contributed by atoms with Gasteiger partial charge in [-0.05, 0) is 49.2 Å². The van der Waals surface area contributed by atoms with Gasteiger partial charge < -0.3 is 13.7 Å². The molecule has 1 fully saturated rings. The molecule has 5 aromatic rings. The molecule has 0 aliphatic carbocycles. The molecule has 6 nitrogen and oxygen atoms in total. The van der Waals surface area contributed by atoms with Gasteiger partial charge in [0.05, 0.1) is 10.2 Å². The van der Waals surface area contributed by atoms with Crippen molar-refractivity contribution in [2.24, 2.45) is 0 Å². The van der Waals surface area contributed by atoms with E-state index in [0.29, 0.717) is 24.6 Å². The van der Waals surface area contributed by atoms with Crippen LogP contribution >= 0.6 is 11.3 Å². The lowest BCUT2D eigenvalue weighted by atomic mass is 9.96. The molecule has 0 N–H and O–H groups in total. The second-order valence-electron chi connectivity index (χ2n) is 7.74. The number of carbonyl (C=O) groups is 1. The van der Waals surface area contributed by atoms with Crippen molar-refractivity contribution in [2.45, 2.75) is 18.8 Å². The van der Waals surface area contributed by atoms with E-state index in [2.05, 4.69) is 9.97 Å². The van der Waals surface area contributed by atoms with Crippen LogP contribution in [-0.2, 0) is 0 Å². The summed E-state index contributed by atoms with van der Waals surface area (Å²) < 4.78 is 12.9. The largest absolute Gasteiger partial charge is 0.448 e. The summed E-state index contributed by atoms with van der Waals surface area (Å²) in [6.45, 7) is 1.30. The summed E-state index contributed by atoms with van der Waals surface area (Å²) in [4.78, 5) is 24.1. The second-order valence-corrected chi connectivity index (χ2v) is 8.77. The van der Waals surface area contributed by atoms with Crippen LogP contribution in [-0.4, -0.2) is 33.9 Å². The lowest BCUT2D eigenvalue weighted by molar-refractivity contribution is 0.0675. The summed E-state index contributed by atoms with van der Waals surface area (Å²) >= 11 is 1.56. The van der Waals surface area contributed by atoms with Crippen molar-refractivity contribution in [3.05, 3.63) is 72.3 Å². The van der Waals surface area contributed by atoms with Crippen molar-refractivity contribution >= 4 is 38.6 Å². The molecule has 0 unspecified atom stereocenters. The third-order valence-electron chi connectivity index (χ3n) is 5.76. The summed E-state index contributed by atoms with van der Waals surface area (Å²) in [7, 11) is 0. The number of fused-ring (bicyclic) bond motifs is 2. The molecular weight excluding hydrogens is 410 g/mol. The van der Waals surface area contributed by atoms with E-state index in [1.165, 1.54) is 0 Å². The number of nitrogens with zero attached hydrogens (tertiary/aromatic N) is 3. The van der Waals surface area contributed by atoms with Gasteiger partial charge in [-0.15, -0.1) is 11.3 Å². The first kappa shape index (κ1) is 18.3. The Morgan fingerprint density at radius 3 is 2.48 bits per heavy atom. The highest BCUT2D eigenvalue weighted by atomic mass is 32.1. The van der Waals surface area contributed by atoms with E-state index < -0.39 is 0 Å². The quantitative estimate of drug-likeness (QED) is 0.367. The molecule has 31 heavy (non-hydrogen) atoms. The normalized spacial score (nSPS) is 15.2. The Hall–Kier alpha value is -3.45. The van der Waals surface area contributed by atoms with Gasteiger partial charge in [0.2, 0.25) is 0 Å². The van der Waals surface area contributed by atoms with Crippen LogP contribution in [0.1, 0.15) is 35.2 Å². The predicted octanol–water partition coefficient (Wildman–Crippen LogP) is 5.72. The van der Waals surface area contributed by atoms with Crippen molar-refractivity contribution in [1.29, 1.82) is 0 Å². The van der Waals surface area contributed by atoms with Crippen LogP contribution in [0.4, 0.5) is 0 Å². The van der Waals surface area contributed by atoms with Crippen LogP contribution in [0.5, 0.6) is 0 Å². The minimum absolute atomic E-state index is 0.0802. The minimum atomic E-state index is -0.0802. The smallest absolute Gasteiger partial charge is 0.289 e. The fourth-order valence-corrected chi connectivity index (χ4v) is 5.02. The standard InChI is InChI=1S/C24H19N3O3S/c28-24(20-10-9-19(29-20)23-26-17-6-2-4-8-21(17)31-23)27-13-11-15(12-14-27)22-25-16-5-1-3-7-18(16)30-22/h1-10,15H,11-14H2. The summed E-state index contributed by atoms with van der Waals surface area (Å²) in [5.41, 5.74) is 2.64. The van der Waals surface area contributed by atoms with Gasteiger partial charge in [0.15, 0.2) is 28.0 Å². The summed E-state index contributed by atoms with van der Waals surface area (Å²) in [6, 6.07) is 19.3. The van der Waals surface area contributed by atoms with Crippen molar-refractivity contribution in [1.82, 2.24) is 14.9 Å². The number of hydrogen-bond acceptors (Lipinski definition) is 6. The number of carbonyl (C=O) groups excluding carboxylic acids is 1. The molecule has 2 aromatic carbocycles. The van der Waals surface area contributed by atoms with Crippen LogP contribution in [0.3, 0.4) is 0 Å². The first-order chi connectivity index (χ1) is 15.2. The molecule has 6 rings (SSSR count). The molecule has 154 valence electrons. The molecule has 1 amide bonds. The van der Waals surface area contributed by atoms with Gasteiger partial charge in [-0.1, -0.05) is 24.3 Å². The number of likely N-dealkylation sites (tertiary alicyclic amines) is 1. The van der Waals surface area contributed by atoms with Gasteiger partial charge in [0.1, 0.15) is 5.52 Å². The van der Waals surface area contributed by atoms with Gasteiger partial charge >= 0.3 is 0 Å². The highest BCUT2D eigenvalue weighted by Crippen LogP contribution is 2.33. The van der Waals surface area contributed by atoms with Crippen molar-refractivity contribution in [3.63, 3.8) is 0 Å². The molecule has 1 aliphatic rings. The molecule has 0 spiro atoms. The first-order valence-electron chi connectivity index (χ1n) is 10.3. The molecule has 1 saturated heterocycles. The number of benzene rings is 2.